The van der Waals surface area contributed by atoms with Crippen molar-refractivity contribution in [2.24, 2.45) is 0 Å². The number of fused-ring (bicyclic) bond motifs is 8. The molecule has 0 atom stereocenters. The minimum absolute atomic E-state index is 0.530. The molecule has 4 nitrogen and oxygen atoms in total. The highest BCUT2D eigenvalue weighted by Crippen LogP contribution is 2.61. The second-order valence-corrected chi connectivity index (χ2v) is 12.3. The Balaban J connectivity index is 1.34. The van der Waals surface area contributed by atoms with E-state index in [-0.39, 0.29) is 0 Å². The number of benzene rings is 6. The predicted octanol–water partition coefficient (Wildman–Crippen LogP) is 10.6. The second-order valence-electron chi connectivity index (χ2n) is 12.3. The molecule has 1 aromatic heterocycles. The quantitative estimate of drug-likeness (QED) is 0.190. The summed E-state index contributed by atoms with van der Waals surface area (Å²) in [6, 6.07) is 50.4. The molecular weight excluding hydrogens is 599 g/mol. The fraction of sp³-hybridized carbons (Fsp3) is 0.0444. The highest BCUT2D eigenvalue weighted by Gasteiger charge is 2.51. The predicted molar refractivity (Wildman–Crippen MR) is 198 cm³/mol. The van der Waals surface area contributed by atoms with Gasteiger partial charge in [0.2, 0.25) is 0 Å². The van der Waals surface area contributed by atoms with Crippen molar-refractivity contribution in [3.63, 3.8) is 0 Å². The van der Waals surface area contributed by atoms with E-state index in [2.05, 4.69) is 116 Å². The molecule has 0 saturated heterocycles. The molecular formula is C45H31N3O. The number of allylic oxidation sites excluding steroid dienone is 4. The van der Waals surface area contributed by atoms with Crippen LogP contribution >= 0.6 is 0 Å². The van der Waals surface area contributed by atoms with E-state index in [4.69, 9.17) is 19.7 Å². The Morgan fingerprint density at radius 2 is 1.18 bits per heavy atom. The van der Waals surface area contributed by atoms with Crippen molar-refractivity contribution in [1.29, 1.82) is 0 Å². The van der Waals surface area contributed by atoms with Crippen molar-refractivity contribution in [2.75, 3.05) is 0 Å². The van der Waals surface area contributed by atoms with Gasteiger partial charge in [-0.25, -0.2) is 15.0 Å². The van der Waals surface area contributed by atoms with Crippen LogP contribution < -0.4 is 4.74 Å². The van der Waals surface area contributed by atoms with Crippen LogP contribution in [0, 0.1) is 0 Å². The van der Waals surface area contributed by atoms with E-state index >= 15 is 0 Å². The van der Waals surface area contributed by atoms with Crippen LogP contribution in [0.25, 0.3) is 50.2 Å². The zero-order chi connectivity index (χ0) is 33.0. The van der Waals surface area contributed by atoms with E-state index in [1.807, 2.05) is 55.5 Å². The standard InChI is InChI=1S/C45H31N3O/c1-3-31(43-46-42(30-18-6-5-7-19-30)47-44(48-43)35-24-16-20-29-17-8-9-21-32(29)35)41-36(4-2)45(39-27-14-15-28-40(39)49-41)37-25-12-10-22-33(37)34-23-11-13-26-38(34)45/h3-28H,2H2,1H3/b31-3+. The first-order valence-electron chi connectivity index (χ1n) is 16.5. The highest BCUT2D eigenvalue weighted by molar-refractivity contribution is 5.96. The molecule has 0 bridgehead atoms. The zero-order valence-corrected chi connectivity index (χ0v) is 27.0. The molecule has 2 aliphatic rings. The Morgan fingerprint density at radius 3 is 1.92 bits per heavy atom. The summed E-state index contributed by atoms with van der Waals surface area (Å²) in [4.78, 5) is 15.4. The summed E-state index contributed by atoms with van der Waals surface area (Å²) in [6.45, 7) is 6.44. The first kappa shape index (κ1) is 28.8. The lowest BCUT2D eigenvalue weighted by molar-refractivity contribution is 0.407. The number of aromatic nitrogens is 3. The molecule has 7 aromatic rings. The van der Waals surface area contributed by atoms with E-state index in [0.29, 0.717) is 23.2 Å². The van der Waals surface area contributed by atoms with Crippen LogP contribution in [-0.2, 0) is 5.41 Å². The van der Waals surface area contributed by atoms with Crippen LogP contribution in [-0.4, -0.2) is 15.0 Å². The van der Waals surface area contributed by atoms with Crippen LogP contribution in [0.2, 0.25) is 0 Å². The van der Waals surface area contributed by atoms with Gasteiger partial charge in [-0.3, -0.25) is 0 Å². The fourth-order valence-corrected chi connectivity index (χ4v) is 7.72. The summed E-state index contributed by atoms with van der Waals surface area (Å²) < 4.78 is 6.96. The van der Waals surface area contributed by atoms with Gasteiger partial charge in [-0.15, -0.1) is 0 Å². The topological polar surface area (TPSA) is 47.9 Å². The normalized spacial score (nSPS) is 14.3. The lowest BCUT2D eigenvalue weighted by Crippen LogP contribution is -2.34. The van der Waals surface area contributed by atoms with Crippen molar-refractivity contribution < 1.29 is 4.74 Å². The van der Waals surface area contributed by atoms with Gasteiger partial charge < -0.3 is 4.74 Å². The second kappa shape index (κ2) is 11.4. The minimum atomic E-state index is -0.652. The summed E-state index contributed by atoms with van der Waals surface area (Å²) in [5.41, 5.74) is 8.82. The van der Waals surface area contributed by atoms with Crippen LogP contribution in [0.1, 0.15) is 29.4 Å². The van der Waals surface area contributed by atoms with Gasteiger partial charge in [-0.1, -0.05) is 158 Å². The Kier molecular flexibility index (Phi) is 6.70. The Labute approximate surface area is 285 Å². The first-order valence-corrected chi connectivity index (χ1v) is 16.5. The van der Waals surface area contributed by atoms with Crippen molar-refractivity contribution in [1.82, 2.24) is 15.0 Å². The van der Waals surface area contributed by atoms with E-state index in [1.54, 1.807) is 0 Å². The third-order valence-electron chi connectivity index (χ3n) is 9.78. The molecule has 0 amide bonds. The first-order chi connectivity index (χ1) is 24.2. The molecule has 1 aliphatic carbocycles. The van der Waals surface area contributed by atoms with E-state index in [1.165, 1.54) is 22.3 Å². The van der Waals surface area contributed by atoms with Crippen LogP contribution in [0.3, 0.4) is 0 Å². The summed E-state index contributed by atoms with van der Waals surface area (Å²) in [6.07, 6.45) is 4.00. The third-order valence-corrected chi connectivity index (χ3v) is 9.78. The zero-order valence-electron chi connectivity index (χ0n) is 27.0. The Morgan fingerprint density at radius 1 is 0.592 bits per heavy atom. The minimum Gasteiger partial charge on any atom is -0.456 e. The average molecular weight is 630 g/mol. The molecule has 0 fully saturated rings. The van der Waals surface area contributed by atoms with E-state index in [0.717, 1.165) is 44.4 Å². The molecule has 6 aromatic carbocycles. The van der Waals surface area contributed by atoms with Crippen LogP contribution in [0.4, 0.5) is 0 Å². The number of para-hydroxylation sites is 1. The van der Waals surface area contributed by atoms with Gasteiger partial charge in [0.15, 0.2) is 17.5 Å². The summed E-state index contributed by atoms with van der Waals surface area (Å²) >= 11 is 0. The Hall–Kier alpha value is -6.39. The maximum Gasteiger partial charge on any atom is 0.167 e. The summed E-state index contributed by atoms with van der Waals surface area (Å²) in [5, 5.41) is 2.20. The maximum absolute atomic E-state index is 6.96. The molecule has 0 unspecified atom stereocenters. The smallest absolute Gasteiger partial charge is 0.167 e. The SMILES string of the molecule is C=CC1=C(/C(=C\C)c2nc(-c3ccccc3)nc(-c3cccc4ccccc34)n2)Oc2ccccc2C12c1ccccc1-c1ccccc12. The third kappa shape index (κ3) is 4.27. The molecule has 0 radical (unpaired) electrons. The van der Waals surface area contributed by atoms with Gasteiger partial charge in [-0.2, -0.15) is 0 Å². The summed E-state index contributed by atoms with van der Waals surface area (Å²) in [7, 11) is 0. The monoisotopic (exact) mass is 629 g/mol. The lowest BCUT2D eigenvalue weighted by atomic mass is 9.65. The van der Waals surface area contributed by atoms with Crippen molar-refractivity contribution in [3.05, 3.63) is 198 Å². The maximum atomic E-state index is 6.96. The van der Waals surface area contributed by atoms with Gasteiger partial charge in [0.05, 0.1) is 11.0 Å². The number of rotatable bonds is 5. The van der Waals surface area contributed by atoms with Crippen molar-refractivity contribution >= 4 is 16.3 Å². The van der Waals surface area contributed by atoms with Crippen molar-refractivity contribution in [3.8, 4) is 39.7 Å². The molecule has 232 valence electrons. The lowest BCUT2D eigenvalue weighted by Gasteiger charge is -2.40. The number of hydrogen-bond donors (Lipinski definition) is 0. The summed E-state index contributed by atoms with van der Waals surface area (Å²) in [5.74, 6) is 3.19. The average Bonchev–Trinajstić information content (AvgIpc) is 3.46. The molecule has 49 heavy (non-hydrogen) atoms. The molecule has 1 aliphatic heterocycles. The molecule has 2 heterocycles. The van der Waals surface area contributed by atoms with Gasteiger partial charge in [0, 0.05) is 22.3 Å². The van der Waals surface area contributed by atoms with Crippen molar-refractivity contribution in [2.45, 2.75) is 12.3 Å². The fourth-order valence-electron chi connectivity index (χ4n) is 7.72. The highest BCUT2D eigenvalue weighted by atomic mass is 16.5. The van der Waals surface area contributed by atoms with Gasteiger partial charge in [0.25, 0.3) is 0 Å². The van der Waals surface area contributed by atoms with Crippen LogP contribution in [0.5, 0.6) is 5.75 Å². The molecule has 9 rings (SSSR count). The number of hydrogen-bond acceptors (Lipinski definition) is 4. The van der Waals surface area contributed by atoms with Gasteiger partial charge >= 0.3 is 0 Å². The molecule has 4 heteroatoms. The number of ether oxygens (including phenoxy) is 1. The van der Waals surface area contributed by atoms with Crippen LogP contribution in [0.15, 0.2) is 176 Å². The molecule has 0 saturated carbocycles. The van der Waals surface area contributed by atoms with Gasteiger partial charge in [-0.05, 0) is 46.0 Å². The molecule has 1 spiro atoms. The van der Waals surface area contributed by atoms with E-state index < -0.39 is 5.41 Å². The number of nitrogens with zero attached hydrogens (tertiary/aromatic N) is 3. The van der Waals surface area contributed by atoms with E-state index in [9.17, 15) is 0 Å². The van der Waals surface area contributed by atoms with Gasteiger partial charge in [0.1, 0.15) is 11.5 Å². The Bertz CT molecular complexity index is 2460. The molecule has 0 N–H and O–H groups in total. The largest absolute Gasteiger partial charge is 0.456 e.